The SMILES string of the molecule is C[Si]1(C)C(c2ccc(CN=C=S)cc2)=C(c2ccccc2)C(c2ccccc2)=C1c1ccc(CN=C=S)cc1. The highest BCUT2D eigenvalue weighted by Gasteiger charge is 2.43. The summed E-state index contributed by atoms with van der Waals surface area (Å²) < 4.78 is 0. The third-order valence-corrected chi connectivity index (χ3v) is 11.1. The lowest BCUT2D eigenvalue weighted by molar-refractivity contribution is 1.08. The van der Waals surface area contributed by atoms with Crippen LogP contribution in [0.25, 0.3) is 21.5 Å². The maximum atomic E-state index is 4.77. The van der Waals surface area contributed by atoms with Gasteiger partial charge in [0.15, 0.2) is 0 Å². The van der Waals surface area contributed by atoms with Crippen molar-refractivity contribution in [2.24, 2.45) is 9.98 Å². The number of allylic oxidation sites excluding steroid dienone is 2. The second-order valence-corrected chi connectivity index (χ2v) is 14.7. The van der Waals surface area contributed by atoms with Gasteiger partial charge in [0.1, 0.15) is 8.07 Å². The number of hydrogen-bond acceptors (Lipinski definition) is 4. The van der Waals surface area contributed by atoms with Crippen molar-refractivity contribution >= 4 is 64.4 Å². The quantitative estimate of drug-likeness (QED) is 0.123. The molecule has 2 nitrogen and oxygen atoms in total. The van der Waals surface area contributed by atoms with Gasteiger partial charge in [0.2, 0.25) is 0 Å². The maximum Gasteiger partial charge on any atom is 0.115 e. The van der Waals surface area contributed by atoms with Crippen molar-refractivity contribution in [2.45, 2.75) is 26.2 Å². The van der Waals surface area contributed by atoms with E-state index in [0.29, 0.717) is 13.1 Å². The van der Waals surface area contributed by atoms with Crippen LogP contribution in [0.1, 0.15) is 33.4 Å². The van der Waals surface area contributed by atoms with Crippen LogP contribution in [0.5, 0.6) is 0 Å². The van der Waals surface area contributed by atoms with E-state index in [4.69, 9.17) is 24.4 Å². The lowest BCUT2D eigenvalue weighted by Gasteiger charge is -2.26. The maximum absolute atomic E-state index is 4.77. The van der Waals surface area contributed by atoms with E-state index in [1.54, 1.807) is 0 Å². The fourth-order valence-corrected chi connectivity index (χ4v) is 9.54. The van der Waals surface area contributed by atoms with Gasteiger partial charge in [-0.3, -0.25) is 0 Å². The molecule has 39 heavy (non-hydrogen) atoms. The summed E-state index contributed by atoms with van der Waals surface area (Å²) in [6.07, 6.45) is 0. The smallest absolute Gasteiger partial charge is 0.115 e. The second kappa shape index (κ2) is 11.9. The lowest BCUT2D eigenvalue weighted by Crippen LogP contribution is -2.28. The lowest BCUT2D eigenvalue weighted by atomic mass is 9.89. The first-order valence-electron chi connectivity index (χ1n) is 12.9. The minimum absolute atomic E-state index is 0.549. The van der Waals surface area contributed by atoms with Crippen molar-refractivity contribution in [1.82, 2.24) is 0 Å². The molecule has 1 aliphatic heterocycles. The zero-order valence-corrected chi connectivity index (χ0v) is 24.7. The number of thiocarbonyl (C=S) groups is 2. The molecule has 0 saturated heterocycles. The molecule has 5 heteroatoms. The molecule has 0 saturated carbocycles. The van der Waals surface area contributed by atoms with Crippen molar-refractivity contribution in [1.29, 1.82) is 0 Å². The van der Waals surface area contributed by atoms with Crippen LogP contribution in [0.2, 0.25) is 13.1 Å². The van der Waals surface area contributed by atoms with E-state index >= 15 is 0 Å². The first-order valence-corrected chi connectivity index (χ1v) is 16.7. The zero-order valence-electron chi connectivity index (χ0n) is 22.0. The van der Waals surface area contributed by atoms with E-state index in [1.807, 2.05) is 0 Å². The molecule has 0 fully saturated rings. The van der Waals surface area contributed by atoms with Gasteiger partial charge in [-0.2, -0.15) is 0 Å². The molecular weight excluding hydrogens is 529 g/mol. The molecule has 1 heterocycles. The van der Waals surface area contributed by atoms with E-state index in [-0.39, 0.29) is 0 Å². The second-order valence-electron chi connectivity index (χ2n) is 10.1. The van der Waals surface area contributed by atoms with Crippen LogP contribution in [0, 0.1) is 0 Å². The molecule has 1 aliphatic rings. The Hall–Kier alpha value is -3.82. The van der Waals surface area contributed by atoms with E-state index < -0.39 is 8.07 Å². The summed E-state index contributed by atoms with van der Waals surface area (Å²) in [4.78, 5) is 8.25. The fraction of sp³-hybridized carbons (Fsp3) is 0.118. The number of benzene rings is 4. The average molecular weight is 557 g/mol. The fourth-order valence-electron chi connectivity index (χ4n) is 5.60. The van der Waals surface area contributed by atoms with Crippen LogP contribution in [0.15, 0.2) is 119 Å². The van der Waals surface area contributed by atoms with Crippen molar-refractivity contribution in [2.75, 3.05) is 0 Å². The van der Waals surface area contributed by atoms with Crippen molar-refractivity contribution < 1.29 is 0 Å². The summed E-state index contributed by atoms with van der Waals surface area (Å²) in [6, 6.07) is 39.3. The van der Waals surface area contributed by atoms with Gasteiger partial charge in [-0.05, 0) is 79.4 Å². The molecular formula is C34H28N2S2Si. The van der Waals surface area contributed by atoms with Crippen LogP contribution < -0.4 is 0 Å². The predicted octanol–water partition coefficient (Wildman–Crippen LogP) is 9.21. The van der Waals surface area contributed by atoms with Gasteiger partial charge < -0.3 is 0 Å². The number of isothiocyanates is 2. The summed E-state index contributed by atoms with van der Waals surface area (Å²) in [5.41, 5.74) is 9.90. The Balaban J connectivity index is 1.78. The average Bonchev–Trinajstić information content (AvgIpc) is 3.23. The summed E-state index contributed by atoms with van der Waals surface area (Å²) >= 11 is 9.55. The van der Waals surface area contributed by atoms with Crippen LogP contribution in [-0.4, -0.2) is 18.4 Å². The normalized spacial score (nSPS) is 14.1. The first kappa shape index (κ1) is 26.8. The van der Waals surface area contributed by atoms with Gasteiger partial charge in [-0.25, -0.2) is 9.98 Å². The van der Waals surface area contributed by atoms with Gasteiger partial charge >= 0.3 is 0 Å². The Morgan fingerprint density at radius 1 is 0.513 bits per heavy atom. The van der Waals surface area contributed by atoms with Gasteiger partial charge in [-0.15, -0.1) is 0 Å². The van der Waals surface area contributed by atoms with Crippen molar-refractivity contribution in [3.63, 3.8) is 0 Å². The first-order chi connectivity index (χ1) is 19.0. The van der Waals surface area contributed by atoms with Crippen LogP contribution in [0.3, 0.4) is 0 Å². The molecule has 0 N–H and O–H groups in total. The summed E-state index contributed by atoms with van der Waals surface area (Å²) in [6.45, 7) is 6.05. The van der Waals surface area contributed by atoms with E-state index in [2.05, 4.69) is 143 Å². The van der Waals surface area contributed by atoms with Crippen LogP contribution in [0.4, 0.5) is 0 Å². The molecule has 0 aromatic heterocycles. The summed E-state index contributed by atoms with van der Waals surface area (Å²) in [7, 11) is -2.20. The molecule has 0 unspecified atom stereocenters. The van der Waals surface area contributed by atoms with E-state index in [0.717, 1.165) is 11.1 Å². The topological polar surface area (TPSA) is 24.7 Å². The zero-order chi connectivity index (χ0) is 27.2. The van der Waals surface area contributed by atoms with Gasteiger partial charge in [0, 0.05) is 0 Å². The highest BCUT2D eigenvalue weighted by molar-refractivity contribution is 7.78. The minimum Gasteiger partial charge on any atom is -0.228 e. The third kappa shape index (κ3) is 5.50. The van der Waals surface area contributed by atoms with Crippen molar-refractivity contribution in [3.8, 4) is 0 Å². The Morgan fingerprint density at radius 3 is 1.21 bits per heavy atom. The predicted molar refractivity (Wildman–Crippen MR) is 174 cm³/mol. The Bertz CT molecular complexity index is 1520. The molecule has 5 rings (SSSR count). The molecule has 0 aliphatic carbocycles. The van der Waals surface area contributed by atoms with Crippen molar-refractivity contribution in [3.05, 3.63) is 143 Å². The molecule has 0 radical (unpaired) electrons. The largest absolute Gasteiger partial charge is 0.228 e. The monoisotopic (exact) mass is 556 g/mol. The Labute approximate surface area is 242 Å². The molecule has 4 aromatic rings. The molecule has 0 atom stereocenters. The van der Waals surface area contributed by atoms with Gasteiger partial charge in [-0.1, -0.05) is 122 Å². The Kier molecular flexibility index (Phi) is 8.18. The standard InChI is InChI=1S/C34H28N2S2Si/c1-39(2)33(29-17-13-25(14-18-29)21-35-23-37)31(27-9-5-3-6-10-27)32(28-11-7-4-8-12-28)34(39)30-19-15-26(16-20-30)22-36-24-38/h3-20H,21-22H2,1-2H3. The van der Waals surface area contributed by atoms with Gasteiger partial charge in [0.05, 0.1) is 23.4 Å². The minimum atomic E-state index is -2.20. The molecule has 4 aromatic carbocycles. The number of nitrogens with zero attached hydrogens (tertiary/aromatic N) is 2. The number of hydrogen-bond donors (Lipinski definition) is 0. The third-order valence-electron chi connectivity index (χ3n) is 7.26. The number of rotatable bonds is 8. The molecule has 0 amide bonds. The number of aliphatic imine (C=N–C) groups is 2. The van der Waals surface area contributed by atoms with E-state index in [1.165, 1.54) is 43.8 Å². The van der Waals surface area contributed by atoms with E-state index in [9.17, 15) is 0 Å². The summed E-state index contributed by atoms with van der Waals surface area (Å²) in [5, 5.41) is 7.84. The molecule has 190 valence electrons. The van der Waals surface area contributed by atoms with Crippen LogP contribution >= 0.6 is 24.4 Å². The highest BCUT2D eigenvalue weighted by Crippen LogP contribution is 2.55. The highest BCUT2D eigenvalue weighted by atomic mass is 32.1. The van der Waals surface area contributed by atoms with Gasteiger partial charge in [0.25, 0.3) is 0 Å². The summed E-state index contributed by atoms with van der Waals surface area (Å²) in [5.74, 6) is 0. The van der Waals surface area contributed by atoms with Crippen LogP contribution in [-0.2, 0) is 13.1 Å². The Morgan fingerprint density at radius 2 is 0.872 bits per heavy atom. The molecule has 0 bridgehead atoms. The molecule has 0 spiro atoms.